The van der Waals surface area contributed by atoms with Crippen LogP contribution in [0.15, 0.2) is 51.5 Å². The number of aromatic nitrogens is 3. The third-order valence-corrected chi connectivity index (χ3v) is 9.15. The Balaban J connectivity index is 1.77. The number of primary amides is 2. The molecule has 2 aromatic heterocycles. The molecule has 0 aliphatic carbocycles. The van der Waals surface area contributed by atoms with Gasteiger partial charge in [0.2, 0.25) is 9.84 Å². The van der Waals surface area contributed by atoms with Gasteiger partial charge >= 0.3 is 0 Å². The predicted molar refractivity (Wildman–Crippen MR) is 154 cm³/mol. The zero-order valence-electron chi connectivity index (χ0n) is 23.6. The Kier molecular flexibility index (Phi) is 9.20. The number of carbonyl (C=O) groups excluding carboxylic acids is 2. The first kappa shape index (κ1) is 31.2. The van der Waals surface area contributed by atoms with E-state index in [2.05, 4.69) is 15.0 Å². The number of imidazole rings is 1. The number of ether oxygens (including phenoxy) is 4. The molecule has 2 aromatic carbocycles. The highest BCUT2D eigenvalue weighted by atomic mass is 32.2. The first-order valence-corrected chi connectivity index (χ1v) is 15.3. The van der Waals surface area contributed by atoms with Crippen LogP contribution in [0.5, 0.6) is 23.0 Å². The molecule has 43 heavy (non-hydrogen) atoms. The average molecular weight is 632 g/mol. The number of nitrogens with one attached hydrogen (secondary N) is 1. The van der Waals surface area contributed by atoms with Gasteiger partial charge in [-0.3, -0.25) is 18.8 Å². The molecule has 0 saturated heterocycles. The molecule has 4 rings (SSSR count). The van der Waals surface area contributed by atoms with E-state index in [0.717, 1.165) is 17.2 Å². The van der Waals surface area contributed by atoms with Gasteiger partial charge in [-0.25, -0.2) is 13.4 Å². The van der Waals surface area contributed by atoms with Crippen LogP contribution >= 0.6 is 0 Å². The molecule has 0 bridgehead atoms. The summed E-state index contributed by atoms with van der Waals surface area (Å²) in [6.07, 6.45) is 1.62. The molecule has 0 saturated carbocycles. The SMILES string of the molecule is COc1cc(S(=O)(=O)c2ccc(OCC(N)=O)c(OCC(N)=O)c2)c2nc(S(=O)Cc3ncc(C)c(OC)c3C)[nH]c2c1. The van der Waals surface area contributed by atoms with Gasteiger partial charge in [0.25, 0.3) is 11.8 Å². The molecule has 14 nitrogen and oxygen atoms in total. The molecule has 4 aromatic rings. The number of sulfone groups is 1. The maximum Gasteiger partial charge on any atom is 0.255 e. The fraction of sp³-hybridized carbons (Fsp3) is 0.259. The second kappa shape index (κ2) is 12.7. The summed E-state index contributed by atoms with van der Waals surface area (Å²) in [5, 5.41) is 0.0288. The number of amides is 2. The normalized spacial score (nSPS) is 12.1. The van der Waals surface area contributed by atoms with E-state index >= 15 is 0 Å². The van der Waals surface area contributed by atoms with Gasteiger partial charge < -0.3 is 35.4 Å². The van der Waals surface area contributed by atoms with Gasteiger partial charge in [-0.1, -0.05) is 0 Å². The van der Waals surface area contributed by atoms with Crippen molar-refractivity contribution in [2.75, 3.05) is 27.4 Å². The van der Waals surface area contributed by atoms with Crippen LogP contribution in [0.2, 0.25) is 0 Å². The number of aromatic amines is 1. The van der Waals surface area contributed by atoms with Crippen molar-refractivity contribution in [2.45, 2.75) is 34.5 Å². The van der Waals surface area contributed by atoms with Crippen molar-refractivity contribution >= 4 is 43.5 Å². The average Bonchev–Trinajstić information content (AvgIpc) is 3.40. The van der Waals surface area contributed by atoms with Crippen LogP contribution in [-0.4, -0.2) is 66.8 Å². The van der Waals surface area contributed by atoms with E-state index in [0.29, 0.717) is 11.4 Å². The van der Waals surface area contributed by atoms with E-state index in [4.69, 9.17) is 30.4 Å². The summed E-state index contributed by atoms with van der Waals surface area (Å²) in [7, 11) is -3.16. The van der Waals surface area contributed by atoms with Crippen molar-refractivity contribution in [3.05, 3.63) is 53.3 Å². The molecular formula is C27H29N5O9S2. The summed E-state index contributed by atoms with van der Waals surface area (Å²) in [5.74, 6) is -0.987. The Morgan fingerprint density at radius 1 is 0.977 bits per heavy atom. The Hall–Kier alpha value is -4.70. The van der Waals surface area contributed by atoms with Crippen molar-refractivity contribution in [1.82, 2.24) is 15.0 Å². The van der Waals surface area contributed by atoms with Crippen LogP contribution in [0.3, 0.4) is 0 Å². The maximum absolute atomic E-state index is 13.9. The largest absolute Gasteiger partial charge is 0.497 e. The smallest absolute Gasteiger partial charge is 0.255 e. The van der Waals surface area contributed by atoms with Crippen molar-refractivity contribution in [1.29, 1.82) is 0 Å². The first-order valence-electron chi connectivity index (χ1n) is 12.5. The quantitative estimate of drug-likeness (QED) is 0.192. The molecule has 0 fully saturated rings. The van der Waals surface area contributed by atoms with Crippen LogP contribution < -0.4 is 30.4 Å². The number of methoxy groups -OCH3 is 2. The number of nitrogens with zero attached hydrogens (tertiary/aromatic N) is 2. The zero-order chi connectivity index (χ0) is 31.5. The van der Waals surface area contributed by atoms with E-state index in [1.165, 1.54) is 31.4 Å². The number of carbonyl (C=O) groups is 2. The topological polar surface area (TPSA) is 216 Å². The second-order valence-corrected chi connectivity index (χ2v) is 12.5. The summed E-state index contributed by atoms with van der Waals surface area (Å²) < 4.78 is 62.6. The molecule has 2 heterocycles. The number of fused-ring (bicyclic) bond motifs is 1. The number of H-pyrrole nitrogens is 1. The summed E-state index contributed by atoms with van der Waals surface area (Å²) in [6.45, 7) is 2.55. The third-order valence-electron chi connectivity index (χ3n) is 6.23. The molecule has 2 amide bonds. The number of benzene rings is 2. The van der Waals surface area contributed by atoms with Gasteiger partial charge in [0.1, 0.15) is 21.9 Å². The van der Waals surface area contributed by atoms with Crippen molar-refractivity contribution in [3.8, 4) is 23.0 Å². The molecule has 1 unspecified atom stereocenters. The standard InChI is InChI=1S/C27H29N5O9S2/c1-14-10-30-19(15(2)26(14)39-4)13-42(35)27-31-18-7-16(38-3)8-22(25(18)32-27)43(36,37)17-5-6-20(40-11-23(28)33)21(9-17)41-12-24(29)34/h5-10H,11-13H2,1-4H3,(H2,28,33)(H2,29,34)(H,31,32). The monoisotopic (exact) mass is 631 g/mol. The van der Waals surface area contributed by atoms with Crippen LogP contribution in [0.4, 0.5) is 0 Å². The Morgan fingerprint density at radius 2 is 1.65 bits per heavy atom. The van der Waals surface area contributed by atoms with Gasteiger partial charge in [-0.2, -0.15) is 0 Å². The zero-order valence-corrected chi connectivity index (χ0v) is 25.3. The lowest BCUT2D eigenvalue weighted by Gasteiger charge is -2.13. The van der Waals surface area contributed by atoms with Crippen LogP contribution in [0.25, 0.3) is 11.0 Å². The van der Waals surface area contributed by atoms with Crippen LogP contribution in [0.1, 0.15) is 16.8 Å². The summed E-state index contributed by atoms with van der Waals surface area (Å²) in [6, 6.07) is 6.40. The molecule has 228 valence electrons. The molecule has 0 spiro atoms. The molecule has 1 atom stereocenters. The minimum atomic E-state index is -4.33. The number of pyridine rings is 1. The number of aryl methyl sites for hydroxylation is 1. The summed E-state index contributed by atoms with van der Waals surface area (Å²) >= 11 is 0. The lowest BCUT2D eigenvalue weighted by atomic mass is 10.1. The lowest BCUT2D eigenvalue weighted by molar-refractivity contribution is -0.121. The van der Waals surface area contributed by atoms with Crippen LogP contribution in [0, 0.1) is 13.8 Å². The minimum Gasteiger partial charge on any atom is -0.497 e. The van der Waals surface area contributed by atoms with Gasteiger partial charge in [-0.15, -0.1) is 0 Å². The fourth-order valence-electron chi connectivity index (χ4n) is 4.19. The highest BCUT2D eigenvalue weighted by Gasteiger charge is 2.27. The minimum absolute atomic E-state index is 0.00512. The Bertz CT molecular complexity index is 1860. The van der Waals surface area contributed by atoms with Crippen LogP contribution in [-0.2, 0) is 36.0 Å². The van der Waals surface area contributed by atoms with Crippen molar-refractivity contribution in [3.63, 3.8) is 0 Å². The van der Waals surface area contributed by atoms with Gasteiger partial charge in [-0.05, 0) is 26.0 Å². The number of hydrogen-bond acceptors (Lipinski definition) is 11. The lowest BCUT2D eigenvalue weighted by Crippen LogP contribution is -2.22. The van der Waals surface area contributed by atoms with E-state index in [1.807, 2.05) is 13.8 Å². The highest BCUT2D eigenvalue weighted by Crippen LogP contribution is 2.36. The van der Waals surface area contributed by atoms with E-state index in [9.17, 15) is 22.2 Å². The van der Waals surface area contributed by atoms with Crippen molar-refractivity contribution in [2.24, 2.45) is 11.5 Å². The molecular weight excluding hydrogens is 602 g/mol. The Labute approximate surface area is 249 Å². The van der Waals surface area contributed by atoms with E-state index < -0.39 is 45.7 Å². The number of rotatable bonds is 13. The van der Waals surface area contributed by atoms with Crippen molar-refractivity contribution < 1.29 is 41.2 Å². The summed E-state index contributed by atoms with van der Waals surface area (Å²) in [5.41, 5.74) is 12.7. The second-order valence-electron chi connectivity index (χ2n) is 9.22. The number of hydrogen-bond donors (Lipinski definition) is 3. The molecule has 0 aliphatic rings. The Morgan fingerprint density at radius 3 is 2.28 bits per heavy atom. The first-order chi connectivity index (χ1) is 20.3. The molecule has 5 N–H and O–H groups in total. The van der Waals surface area contributed by atoms with E-state index in [1.54, 1.807) is 13.3 Å². The van der Waals surface area contributed by atoms with E-state index in [-0.39, 0.29) is 49.0 Å². The van der Waals surface area contributed by atoms with Gasteiger partial charge in [0.15, 0.2) is 29.9 Å². The molecule has 16 heteroatoms. The number of nitrogens with two attached hydrogens (primary N) is 2. The maximum atomic E-state index is 13.9. The molecule has 0 radical (unpaired) electrons. The summed E-state index contributed by atoms with van der Waals surface area (Å²) in [4.78, 5) is 33.7. The van der Waals surface area contributed by atoms with Gasteiger partial charge in [0, 0.05) is 35.5 Å². The predicted octanol–water partition coefficient (Wildman–Crippen LogP) is 1.46. The third kappa shape index (κ3) is 6.70. The highest BCUT2D eigenvalue weighted by molar-refractivity contribution is 7.91. The fourth-order valence-corrected chi connectivity index (χ4v) is 6.73. The van der Waals surface area contributed by atoms with Gasteiger partial charge in [0.05, 0.1) is 46.9 Å². The molecule has 0 aliphatic heterocycles.